The van der Waals surface area contributed by atoms with E-state index in [1.807, 2.05) is 6.92 Å². The Morgan fingerprint density at radius 1 is 1.50 bits per heavy atom. The van der Waals surface area contributed by atoms with Crippen LogP contribution in [0.5, 0.6) is 0 Å². The third-order valence-corrected chi connectivity index (χ3v) is 3.97. The van der Waals surface area contributed by atoms with E-state index in [4.69, 9.17) is 4.65 Å². The first-order valence-corrected chi connectivity index (χ1v) is 7.42. The first-order valence-electron chi connectivity index (χ1n) is 7.42. The quantitative estimate of drug-likeness (QED) is 0.575. The lowest BCUT2D eigenvalue weighted by molar-refractivity contribution is 0.0902. The largest absolute Gasteiger partial charge is 0.494 e. The molecule has 0 aliphatic carbocycles. The van der Waals surface area contributed by atoms with Crippen molar-refractivity contribution in [2.45, 2.75) is 46.8 Å². The van der Waals surface area contributed by atoms with Gasteiger partial charge in [-0.05, 0) is 23.5 Å². The average Bonchev–Trinajstić information content (AvgIpc) is 2.80. The van der Waals surface area contributed by atoms with Gasteiger partial charge in [0.05, 0.1) is 12.2 Å². The van der Waals surface area contributed by atoms with Crippen LogP contribution in [0.3, 0.4) is 0 Å². The Kier molecular flexibility index (Phi) is 4.89. The van der Waals surface area contributed by atoms with Gasteiger partial charge in [-0.3, -0.25) is 10.2 Å². The molecule has 3 N–H and O–H groups in total. The molecule has 1 aliphatic heterocycles. The lowest BCUT2D eigenvalue weighted by atomic mass is 9.78. The van der Waals surface area contributed by atoms with E-state index in [1.54, 1.807) is 6.07 Å². The number of fused-ring (bicyclic) bond motifs is 1. The van der Waals surface area contributed by atoms with Crippen LogP contribution < -0.4 is 16.3 Å². The number of rotatable bonds is 4. The first-order chi connectivity index (χ1) is 10.3. The summed E-state index contributed by atoms with van der Waals surface area (Å²) in [7, 11) is -1.31. The lowest BCUT2D eigenvalue weighted by Crippen LogP contribution is -2.50. The van der Waals surface area contributed by atoms with Crippen LogP contribution >= 0.6 is 0 Å². The topological polar surface area (TPSA) is 70.6 Å². The lowest BCUT2D eigenvalue weighted by Gasteiger charge is -2.30. The van der Waals surface area contributed by atoms with Crippen molar-refractivity contribution >= 4 is 18.5 Å². The number of hydrazine groups is 1. The minimum absolute atomic E-state index is 0.0391. The molecule has 0 aromatic heterocycles. The molecule has 0 radical (unpaired) electrons. The molecule has 1 amide bonds. The van der Waals surface area contributed by atoms with Crippen molar-refractivity contribution in [1.82, 2.24) is 10.9 Å². The Morgan fingerprint density at radius 3 is 2.77 bits per heavy atom. The van der Waals surface area contributed by atoms with Crippen LogP contribution in [0.25, 0.3) is 0 Å². The van der Waals surface area contributed by atoms with Gasteiger partial charge in [0.1, 0.15) is 5.82 Å². The van der Waals surface area contributed by atoms with Crippen LogP contribution in [0.1, 0.15) is 50.0 Å². The molecule has 120 valence electrons. The second-order valence-electron chi connectivity index (χ2n) is 6.59. The molecule has 0 fully saturated rings. The number of carbonyl (C=O) groups excluding carboxylic acids is 1. The summed E-state index contributed by atoms with van der Waals surface area (Å²) < 4.78 is 19.4. The van der Waals surface area contributed by atoms with Crippen molar-refractivity contribution in [3.05, 3.63) is 29.1 Å². The summed E-state index contributed by atoms with van der Waals surface area (Å²) in [6, 6.07) is 3.07. The minimum atomic E-state index is -1.31. The van der Waals surface area contributed by atoms with Crippen molar-refractivity contribution in [2.75, 3.05) is 0 Å². The van der Waals surface area contributed by atoms with Gasteiger partial charge in [0.25, 0.3) is 5.91 Å². The molecule has 1 atom stereocenters. The Labute approximate surface area is 130 Å². The van der Waals surface area contributed by atoms with Gasteiger partial charge in [-0.15, -0.1) is 0 Å². The van der Waals surface area contributed by atoms with Gasteiger partial charge < -0.3 is 9.68 Å². The fourth-order valence-electron chi connectivity index (χ4n) is 2.60. The Bertz CT molecular complexity index is 575. The maximum atomic E-state index is 14.4. The van der Waals surface area contributed by atoms with Gasteiger partial charge in [-0.1, -0.05) is 33.8 Å². The minimum Gasteiger partial charge on any atom is -0.423 e. The highest BCUT2D eigenvalue weighted by Gasteiger charge is 2.33. The van der Waals surface area contributed by atoms with Crippen LogP contribution in [0.4, 0.5) is 4.39 Å². The molecule has 1 aromatic carbocycles. The molecule has 7 heteroatoms. The summed E-state index contributed by atoms with van der Waals surface area (Å²) in [5.74, 6) is -1.30. The van der Waals surface area contributed by atoms with Crippen LogP contribution in [0, 0.1) is 11.2 Å². The van der Waals surface area contributed by atoms with E-state index >= 15 is 0 Å². The zero-order valence-corrected chi connectivity index (χ0v) is 13.4. The molecule has 1 aliphatic rings. The van der Waals surface area contributed by atoms with E-state index in [2.05, 4.69) is 31.6 Å². The van der Waals surface area contributed by atoms with Crippen molar-refractivity contribution in [2.24, 2.45) is 5.41 Å². The van der Waals surface area contributed by atoms with Gasteiger partial charge in [-0.25, -0.2) is 9.82 Å². The second-order valence-corrected chi connectivity index (χ2v) is 6.59. The third kappa shape index (κ3) is 3.32. The van der Waals surface area contributed by atoms with Crippen LogP contribution in [0.15, 0.2) is 12.1 Å². The number of hydrogen-bond donors (Lipinski definition) is 3. The molecular formula is C15H22BFN2O3. The summed E-state index contributed by atoms with van der Waals surface area (Å²) in [4.78, 5) is 12.2. The molecule has 0 spiro atoms. The van der Waals surface area contributed by atoms with E-state index in [0.717, 1.165) is 6.42 Å². The summed E-state index contributed by atoms with van der Waals surface area (Å²) >= 11 is 0. The first kappa shape index (κ1) is 16.9. The zero-order valence-electron chi connectivity index (χ0n) is 13.4. The summed E-state index contributed by atoms with van der Waals surface area (Å²) in [6.45, 7) is 8.34. The summed E-state index contributed by atoms with van der Waals surface area (Å²) in [5.41, 5.74) is 5.97. The predicted octanol–water partition coefficient (Wildman–Crippen LogP) is 1.10. The molecule has 0 bridgehead atoms. The van der Waals surface area contributed by atoms with Crippen LogP contribution in [-0.4, -0.2) is 24.1 Å². The van der Waals surface area contributed by atoms with Crippen molar-refractivity contribution in [3.8, 4) is 0 Å². The van der Waals surface area contributed by atoms with Gasteiger partial charge in [0.15, 0.2) is 0 Å². The summed E-state index contributed by atoms with van der Waals surface area (Å²) in [6.07, 6.45) is 0.822. The molecule has 22 heavy (non-hydrogen) atoms. The molecule has 2 rings (SSSR count). The Hall–Kier alpha value is -1.44. The molecule has 1 heterocycles. The molecule has 0 saturated heterocycles. The molecule has 1 aromatic rings. The zero-order chi connectivity index (χ0) is 16.5. The van der Waals surface area contributed by atoms with Gasteiger partial charge in [-0.2, -0.15) is 0 Å². The van der Waals surface area contributed by atoms with Crippen LogP contribution in [0.2, 0.25) is 0 Å². The normalized spacial score (nSPS) is 15.6. The Balaban J connectivity index is 2.13. The van der Waals surface area contributed by atoms with E-state index in [-0.39, 0.29) is 29.1 Å². The fourth-order valence-corrected chi connectivity index (χ4v) is 2.60. The smallest absolute Gasteiger partial charge is 0.423 e. The highest BCUT2D eigenvalue weighted by atomic mass is 19.1. The number of carbonyl (C=O) groups is 1. The SMILES string of the molecule is CCC(NNC(=O)c1ccc2c(c1F)B(O)OC2)C(C)(C)C. The molecule has 1 unspecified atom stereocenters. The maximum Gasteiger partial charge on any atom is 0.494 e. The standard InChI is InChI=1S/C15H22BFN2O3/c1-5-11(15(2,3)4)18-19-14(20)10-7-6-9-8-22-16(21)12(9)13(10)17/h6-7,11,18,21H,5,8H2,1-4H3,(H,19,20). The number of benzene rings is 1. The molecule has 0 saturated carbocycles. The highest BCUT2D eigenvalue weighted by Crippen LogP contribution is 2.21. The number of nitrogens with one attached hydrogen (secondary N) is 2. The van der Waals surface area contributed by atoms with E-state index in [9.17, 15) is 14.2 Å². The van der Waals surface area contributed by atoms with Crippen molar-refractivity contribution in [1.29, 1.82) is 0 Å². The van der Waals surface area contributed by atoms with E-state index < -0.39 is 18.8 Å². The predicted molar refractivity (Wildman–Crippen MR) is 82.9 cm³/mol. The molecular weight excluding hydrogens is 286 g/mol. The van der Waals surface area contributed by atoms with E-state index in [0.29, 0.717) is 5.56 Å². The van der Waals surface area contributed by atoms with Crippen molar-refractivity contribution < 1.29 is 18.9 Å². The highest BCUT2D eigenvalue weighted by molar-refractivity contribution is 6.61. The Morgan fingerprint density at radius 2 is 2.18 bits per heavy atom. The maximum absolute atomic E-state index is 14.4. The second kappa shape index (κ2) is 6.36. The number of amides is 1. The number of halogens is 1. The van der Waals surface area contributed by atoms with Gasteiger partial charge in [0.2, 0.25) is 0 Å². The van der Waals surface area contributed by atoms with Crippen LogP contribution in [-0.2, 0) is 11.3 Å². The molecule has 5 nitrogen and oxygen atoms in total. The van der Waals surface area contributed by atoms with Crippen molar-refractivity contribution in [3.63, 3.8) is 0 Å². The monoisotopic (exact) mass is 308 g/mol. The van der Waals surface area contributed by atoms with Gasteiger partial charge >= 0.3 is 7.12 Å². The van der Waals surface area contributed by atoms with E-state index in [1.165, 1.54) is 6.07 Å². The summed E-state index contributed by atoms with van der Waals surface area (Å²) in [5, 5.41) is 9.62. The fraction of sp³-hybridized carbons (Fsp3) is 0.533. The number of hydrogen-bond acceptors (Lipinski definition) is 4. The van der Waals surface area contributed by atoms with Gasteiger partial charge in [0, 0.05) is 11.5 Å². The third-order valence-electron chi connectivity index (χ3n) is 3.97. The average molecular weight is 308 g/mol.